The lowest BCUT2D eigenvalue weighted by atomic mass is 10.0. The highest BCUT2D eigenvalue weighted by molar-refractivity contribution is 7.17. The first-order valence-electron chi connectivity index (χ1n) is 5.71. The van der Waals surface area contributed by atoms with E-state index >= 15 is 0 Å². The number of methoxy groups -OCH3 is 1. The normalized spacial score (nSPS) is 16.5. The number of hydrogen-bond donors (Lipinski definition) is 2. The molecule has 5 heteroatoms. The second kappa shape index (κ2) is 4.94. The van der Waals surface area contributed by atoms with Crippen molar-refractivity contribution in [2.75, 3.05) is 31.3 Å². The topological polar surface area (TPSA) is 71.1 Å². The monoisotopic (exact) mass is 251 g/mol. The molecule has 0 amide bonds. The number of nitrogens with zero attached hydrogens (tertiary/aromatic N) is 1. The quantitative estimate of drug-likeness (QED) is 0.814. The Morgan fingerprint density at radius 2 is 2.41 bits per heavy atom. The first-order valence-corrected chi connectivity index (χ1v) is 6.53. The molecule has 1 heterocycles. The lowest BCUT2D eigenvalue weighted by Crippen LogP contribution is -2.16. The number of nitrogens with one attached hydrogen (secondary N) is 1. The molecule has 0 atom stereocenters. The number of ether oxygens (including phenoxy) is 1. The van der Waals surface area contributed by atoms with Gasteiger partial charge in [-0.3, -0.25) is 0 Å². The van der Waals surface area contributed by atoms with Crippen LogP contribution in [-0.4, -0.2) is 20.3 Å². The molecule has 0 unspecified atom stereocenters. The van der Waals surface area contributed by atoms with E-state index in [4.69, 9.17) is 15.7 Å². The Morgan fingerprint density at radius 1 is 1.65 bits per heavy atom. The Balaban J connectivity index is 1.87. The van der Waals surface area contributed by atoms with Crippen LogP contribution in [0, 0.1) is 16.7 Å². The van der Waals surface area contributed by atoms with Gasteiger partial charge in [0.2, 0.25) is 0 Å². The highest BCUT2D eigenvalue weighted by atomic mass is 32.1. The Bertz CT molecular complexity index is 431. The van der Waals surface area contributed by atoms with E-state index in [1.165, 1.54) is 24.2 Å². The van der Waals surface area contributed by atoms with Crippen LogP contribution in [0.2, 0.25) is 0 Å². The number of hydrogen-bond acceptors (Lipinski definition) is 5. The predicted molar refractivity (Wildman–Crippen MR) is 70.1 cm³/mol. The van der Waals surface area contributed by atoms with Crippen LogP contribution in [0.25, 0.3) is 0 Å². The van der Waals surface area contributed by atoms with Gasteiger partial charge >= 0.3 is 0 Å². The van der Waals surface area contributed by atoms with E-state index in [2.05, 4.69) is 11.4 Å². The standard InChI is InChI=1S/C12H17N3OS/c1-16-5-4-12(2-3-12)8-15-11-6-9(14)10(7-13)17-11/h6,15H,2-5,8,14H2,1H3. The van der Waals surface area contributed by atoms with E-state index in [9.17, 15) is 0 Å². The molecule has 17 heavy (non-hydrogen) atoms. The van der Waals surface area contributed by atoms with Crippen molar-refractivity contribution in [3.05, 3.63) is 10.9 Å². The van der Waals surface area contributed by atoms with Gasteiger partial charge in [-0.1, -0.05) is 0 Å². The minimum atomic E-state index is 0.404. The number of thiophene rings is 1. The van der Waals surface area contributed by atoms with Crippen LogP contribution in [0.15, 0.2) is 6.07 Å². The van der Waals surface area contributed by atoms with Crippen LogP contribution in [0.4, 0.5) is 10.7 Å². The van der Waals surface area contributed by atoms with Crippen LogP contribution in [0.1, 0.15) is 24.1 Å². The zero-order valence-corrected chi connectivity index (χ0v) is 10.8. The maximum Gasteiger partial charge on any atom is 0.129 e. The van der Waals surface area contributed by atoms with Crippen LogP contribution in [-0.2, 0) is 4.74 Å². The Hall–Kier alpha value is -1.25. The van der Waals surface area contributed by atoms with Crippen LogP contribution >= 0.6 is 11.3 Å². The lowest BCUT2D eigenvalue weighted by Gasteiger charge is -2.15. The summed E-state index contributed by atoms with van der Waals surface area (Å²) in [5.41, 5.74) is 6.69. The van der Waals surface area contributed by atoms with Crippen molar-refractivity contribution < 1.29 is 4.74 Å². The molecule has 1 aliphatic rings. The summed E-state index contributed by atoms with van der Waals surface area (Å²) in [5, 5.41) is 13.2. The molecule has 1 aromatic rings. The van der Waals surface area contributed by atoms with Gasteiger partial charge in [0.15, 0.2) is 0 Å². The van der Waals surface area contributed by atoms with Gasteiger partial charge in [-0.25, -0.2) is 0 Å². The second-order valence-electron chi connectivity index (χ2n) is 4.60. The lowest BCUT2D eigenvalue weighted by molar-refractivity contribution is 0.175. The number of nitrogen functional groups attached to an aromatic ring is 1. The summed E-state index contributed by atoms with van der Waals surface area (Å²) >= 11 is 1.42. The maximum absolute atomic E-state index is 8.82. The van der Waals surface area contributed by atoms with Gasteiger partial charge in [0, 0.05) is 20.3 Å². The molecule has 0 saturated heterocycles. The van der Waals surface area contributed by atoms with E-state index < -0.39 is 0 Å². The number of anilines is 2. The molecule has 1 saturated carbocycles. The van der Waals surface area contributed by atoms with Crippen molar-refractivity contribution in [3.8, 4) is 6.07 Å². The first-order chi connectivity index (χ1) is 8.19. The molecule has 92 valence electrons. The smallest absolute Gasteiger partial charge is 0.129 e. The average molecular weight is 251 g/mol. The molecule has 3 N–H and O–H groups in total. The molecule has 1 aromatic heterocycles. The number of nitrogens with two attached hydrogens (primary N) is 1. The van der Waals surface area contributed by atoms with Crippen molar-refractivity contribution in [1.29, 1.82) is 5.26 Å². The van der Waals surface area contributed by atoms with Gasteiger partial charge in [0.25, 0.3) is 0 Å². The SMILES string of the molecule is COCCC1(CNc2cc(N)c(C#N)s2)CC1. The van der Waals surface area contributed by atoms with Gasteiger partial charge in [-0.15, -0.1) is 11.3 Å². The van der Waals surface area contributed by atoms with Gasteiger partial charge < -0.3 is 15.8 Å². The molecule has 0 aliphatic heterocycles. The highest BCUT2D eigenvalue weighted by Crippen LogP contribution is 2.49. The van der Waals surface area contributed by atoms with E-state index in [0.29, 0.717) is 16.0 Å². The maximum atomic E-state index is 8.82. The first kappa shape index (κ1) is 12.2. The third-order valence-corrected chi connectivity index (χ3v) is 4.31. The van der Waals surface area contributed by atoms with Gasteiger partial charge in [-0.05, 0) is 30.7 Å². The molecular formula is C12H17N3OS. The summed E-state index contributed by atoms with van der Waals surface area (Å²) in [5.74, 6) is 0. The van der Waals surface area contributed by atoms with Crippen LogP contribution in [0.3, 0.4) is 0 Å². The molecule has 0 bridgehead atoms. The third kappa shape index (κ3) is 2.90. The van der Waals surface area contributed by atoms with Crippen molar-refractivity contribution in [3.63, 3.8) is 0 Å². The van der Waals surface area contributed by atoms with Gasteiger partial charge in [0.05, 0.1) is 10.7 Å². The van der Waals surface area contributed by atoms with Gasteiger partial charge in [0.1, 0.15) is 10.9 Å². The Labute approximate surface area is 105 Å². The molecule has 0 spiro atoms. The minimum Gasteiger partial charge on any atom is -0.397 e. The molecule has 0 aromatic carbocycles. The van der Waals surface area contributed by atoms with Crippen molar-refractivity contribution in [1.82, 2.24) is 0 Å². The van der Waals surface area contributed by atoms with E-state index in [1.54, 1.807) is 7.11 Å². The summed E-state index contributed by atoms with van der Waals surface area (Å²) in [7, 11) is 1.74. The second-order valence-corrected chi connectivity index (χ2v) is 5.66. The highest BCUT2D eigenvalue weighted by Gasteiger charge is 2.41. The predicted octanol–water partition coefficient (Wildman–Crippen LogP) is 2.43. The van der Waals surface area contributed by atoms with Crippen molar-refractivity contribution in [2.24, 2.45) is 5.41 Å². The zero-order valence-electron chi connectivity index (χ0n) is 9.95. The van der Waals surface area contributed by atoms with E-state index in [0.717, 1.165) is 24.6 Å². The Morgan fingerprint density at radius 3 is 2.94 bits per heavy atom. The fourth-order valence-corrected chi connectivity index (χ4v) is 2.64. The molecule has 1 aliphatic carbocycles. The van der Waals surface area contributed by atoms with Gasteiger partial charge in [-0.2, -0.15) is 5.26 Å². The minimum absolute atomic E-state index is 0.404. The van der Waals surface area contributed by atoms with Crippen molar-refractivity contribution in [2.45, 2.75) is 19.3 Å². The number of rotatable bonds is 6. The Kier molecular flexibility index (Phi) is 3.55. The van der Waals surface area contributed by atoms with Crippen LogP contribution < -0.4 is 11.1 Å². The summed E-state index contributed by atoms with van der Waals surface area (Å²) in [6, 6.07) is 3.94. The summed E-state index contributed by atoms with van der Waals surface area (Å²) in [6.07, 6.45) is 3.62. The zero-order chi connectivity index (χ0) is 12.3. The third-order valence-electron chi connectivity index (χ3n) is 3.29. The molecule has 2 rings (SSSR count). The number of nitriles is 1. The van der Waals surface area contributed by atoms with E-state index in [1.807, 2.05) is 6.07 Å². The summed E-state index contributed by atoms with van der Waals surface area (Å²) in [4.78, 5) is 0.592. The molecule has 0 radical (unpaired) electrons. The van der Waals surface area contributed by atoms with E-state index in [-0.39, 0.29) is 0 Å². The molecular weight excluding hydrogens is 234 g/mol. The summed E-state index contributed by atoms with van der Waals surface area (Å²) < 4.78 is 5.12. The van der Waals surface area contributed by atoms with Crippen LogP contribution in [0.5, 0.6) is 0 Å². The average Bonchev–Trinajstić information content (AvgIpc) is 3.01. The summed E-state index contributed by atoms with van der Waals surface area (Å²) in [6.45, 7) is 1.76. The molecule has 4 nitrogen and oxygen atoms in total. The molecule has 1 fully saturated rings. The fraction of sp³-hybridized carbons (Fsp3) is 0.583. The largest absolute Gasteiger partial charge is 0.397 e. The van der Waals surface area contributed by atoms with Crippen molar-refractivity contribution >= 4 is 22.0 Å². The fourth-order valence-electron chi connectivity index (χ4n) is 1.86.